The fraction of sp³-hybridized carbons (Fsp3) is 0.500. The van der Waals surface area contributed by atoms with Crippen molar-refractivity contribution < 1.29 is 0 Å². The normalized spacial score (nSPS) is 21.1. The van der Waals surface area contributed by atoms with Crippen molar-refractivity contribution in [3.63, 3.8) is 0 Å². The van der Waals surface area contributed by atoms with E-state index in [4.69, 9.17) is 5.73 Å². The molecular weight excluding hydrogens is 168 g/mol. The van der Waals surface area contributed by atoms with Gasteiger partial charge in [0.2, 0.25) is 0 Å². The van der Waals surface area contributed by atoms with E-state index in [0.717, 1.165) is 5.69 Å². The Balaban J connectivity index is 2.66. The molecule has 0 fully saturated rings. The predicted molar refractivity (Wildman–Crippen MR) is 49.9 cm³/mol. The quantitative estimate of drug-likeness (QED) is 0.573. The topological polar surface area (TPSA) is 65.3 Å². The van der Waals surface area contributed by atoms with Crippen LogP contribution in [0.15, 0.2) is 16.0 Å². The van der Waals surface area contributed by atoms with E-state index in [1.165, 1.54) is 4.57 Å². The molecule has 1 aliphatic rings. The van der Waals surface area contributed by atoms with Crippen LogP contribution < -0.4 is 11.4 Å². The number of fused-ring (bicyclic) bond motifs is 1. The van der Waals surface area contributed by atoms with Crippen molar-refractivity contribution >= 4 is 5.84 Å². The van der Waals surface area contributed by atoms with Gasteiger partial charge in [0.25, 0.3) is 0 Å². The van der Waals surface area contributed by atoms with E-state index in [1.807, 2.05) is 6.92 Å². The minimum atomic E-state index is -0.0281. The highest BCUT2D eigenvalue weighted by Gasteiger charge is 2.19. The number of imidazole rings is 1. The highest BCUT2D eigenvalue weighted by Crippen LogP contribution is 2.07. The molecule has 5 nitrogen and oxygen atoms in total. The average Bonchev–Trinajstić information content (AvgIpc) is 2.32. The summed E-state index contributed by atoms with van der Waals surface area (Å²) in [6, 6.07) is 0.0904. The van der Waals surface area contributed by atoms with Gasteiger partial charge in [-0.3, -0.25) is 9.56 Å². The second kappa shape index (κ2) is 2.48. The van der Waals surface area contributed by atoms with Crippen LogP contribution in [0.25, 0.3) is 0 Å². The number of nitrogens with zero attached hydrogens (tertiary/aromatic N) is 3. The van der Waals surface area contributed by atoms with Gasteiger partial charge in [-0.2, -0.15) is 0 Å². The highest BCUT2D eigenvalue weighted by atomic mass is 16.1. The molecule has 2 N–H and O–H groups in total. The number of aliphatic imine (C=N–C) groups is 1. The Bertz CT molecular complexity index is 426. The Hall–Kier alpha value is -1.52. The number of hydrogen-bond acceptors (Lipinski definition) is 3. The van der Waals surface area contributed by atoms with Crippen molar-refractivity contribution in [2.45, 2.75) is 19.5 Å². The molecule has 0 bridgehead atoms. The van der Waals surface area contributed by atoms with E-state index in [9.17, 15) is 4.79 Å². The molecule has 0 spiro atoms. The van der Waals surface area contributed by atoms with E-state index >= 15 is 0 Å². The van der Waals surface area contributed by atoms with Gasteiger partial charge in [-0.25, -0.2) is 4.79 Å². The van der Waals surface area contributed by atoms with E-state index in [2.05, 4.69) is 4.99 Å². The smallest absolute Gasteiger partial charge is 0.328 e. The Kier molecular flexibility index (Phi) is 1.55. The number of nitrogens with two attached hydrogens (primary N) is 1. The maximum Gasteiger partial charge on any atom is 0.328 e. The first-order valence-corrected chi connectivity index (χ1v) is 4.19. The third-order valence-corrected chi connectivity index (χ3v) is 2.21. The number of aromatic nitrogens is 2. The zero-order valence-corrected chi connectivity index (χ0v) is 7.69. The molecule has 0 radical (unpaired) electrons. The molecule has 70 valence electrons. The van der Waals surface area contributed by atoms with Crippen LogP contribution in [0.4, 0.5) is 0 Å². The summed E-state index contributed by atoms with van der Waals surface area (Å²) in [5.74, 6) is 0.455. The van der Waals surface area contributed by atoms with Crippen LogP contribution in [0.1, 0.15) is 12.6 Å². The molecule has 1 atom stereocenters. The summed E-state index contributed by atoms with van der Waals surface area (Å²) in [7, 11) is 1.71. The number of amidine groups is 1. The molecule has 5 heteroatoms. The van der Waals surface area contributed by atoms with E-state index in [0.29, 0.717) is 12.4 Å². The van der Waals surface area contributed by atoms with Crippen LogP contribution in [0, 0.1) is 0 Å². The van der Waals surface area contributed by atoms with Gasteiger partial charge in [-0.05, 0) is 6.92 Å². The first-order chi connectivity index (χ1) is 6.09. The van der Waals surface area contributed by atoms with E-state index < -0.39 is 0 Å². The predicted octanol–water partition coefficient (Wildman–Crippen LogP) is -0.706. The molecule has 0 aromatic carbocycles. The van der Waals surface area contributed by atoms with Crippen LogP contribution in [-0.2, 0) is 13.6 Å². The first kappa shape index (κ1) is 8.10. The van der Waals surface area contributed by atoms with Crippen molar-refractivity contribution in [2.24, 2.45) is 17.8 Å². The lowest BCUT2D eigenvalue weighted by atomic mass is 10.2. The zero-order chi connectivity index (χ0) is 9.59. The second-order valence-electron chi connectivity index (χ2n) is 3.38. The van der Waals surface area contributed by atoms with Gasteiger partial charge in [0.05, 0.1) is 12.6 Å². The van der Waals surface area contributed by atoms with Crippen LogP contribution in [0.5, 0.6) is 0 Å². The lowest BCUT2D eigenvalue weighted by Gasteiger charge is -2.16. The Labute approximate surface area is 75.5 Å². The summed E-state index contributed by atoms with van der Waals surface area (Å²) in [5, 5.41) is 0. The summed E-state index contributed by atoms with van der Waals surface area (Å²) >= 11 is 0. The molecule has 2 rings (SSSR count). The molecule has 1 aromatic rings. The lowest BCUT2D eigenvalue weighted by Crippen LogP contribution is -2.34. The summed E-state index contributed by atoms with van der Waals surface area (Å²) in [5.41, 5.74) is 6.40. The van der Waals surface area contributed by atoms with Crippen molar-refractivity contribution in [2.75, 3.05) is 0 Å². The minimum absolute atomic E-state index is 0.0281. The molecule has 0 saturated heterocycles. The molecular formula is C8H12N4O. The molecule has 0 amide bonds. The maximum atomic E-state index is 11.5. The summed E-state index contributed by atoms with van der Waals surface area (Å²) in [6.07, 6.45) is 1.72. The molecule has 1 aliphatic heterocycles. The van der Waals surface area contributed by atoms with Gasteiger partial charge < -0.3 is 10.3 Å². The molecule has 13 heavy (non-hydrogen) atoms. The molecule has 0 aliphatic carbocycles. The van der Waals surface area contributed by atoms with Crippen molar-refractivity contribution in [1.82, 2.24) is 9.13 Å². The largest absolute Gasteiger partial charge is 0.382 e. The van der Waals surface area contributed by atoms with Crippen LogP contribution in [0.3, 0.4) is 0 Å². The van der Waals surface area contributed by atoms with Crippen LogP contribution >= 0.6 is 0 Å². The van der Waals surface area contributed by atoms with Crippen molar-refractivity contribution in [3.8, 4) is 0 Å². The number of aryl methyl sites for hydroxylation is 1. The van der Waals surface area contributed by atoms with Crippen molar-refractivity contribution in [3.05, 3.63) is 22.4 Å². The average molecular weight is 180 g/mol. The summed E-state index contributed by atoms with van der Waals surface area (Å²) < 4.78 is 3.18. The number of rotatable bonds is 0. The Morgan fingerprint density at radius 2 is 2.38 bits per heavy atom. The van der Waals surface area contributed by atoms with E-state index in [1.54, 1.807) is 17.8 Å². The summed E-state index contributed by atoms with van der Waals surface area (Å²) in [6.45, 7) is 2.56. The third-order valence-electron chi connectivity index (χ3n) is 2.21. The van der Waals surface area contributed by atoms with E-state index in [-0.39, 0.29) is 11.7 Å². The fourth-order valence-corrected chi connectivity index (χ4v) is 1.59. The monoisotopic (exact) mass is 180 g/mol. The van der Waals surface area contributed by atoms with Crippen LogP contribution in [-0.4, -0.2) is 21.0 Å². The van der Waals surface area contributed by atoms with Gasteiger partial charge in [0.1, 0.15) is 11.5 Å². The van der Waals surface area contributed by atoms with Gasteiger partial charge in [-0.15, -0.1) is 0 Å². The van der Waals surface area contributed by atoms with Gasteiger partial charge >= 0.3 is 5.69 Å². The second-order valence-corrected chi connectivity index (χ2v) is 3.38. The summed E-state index contributed by atoms with van der Waals surface area (Å²) in [4.78, 5) is 15.7. The Morgan fingerprint density at radius 3 is 3.08 bits per heavy atom. The SMILES string of the molecule is C[C@@H]1Cn2c(cn(C)c2=O)C(N)=N1. The molecule has 2 heterocycles. The Morgan fingerprint density at radius 1 is 1.69 bits per heavy atom. The van der Waals surface area contributed by atoms with Gasteiger partial charge in [0.15, 0.2) is 0 Å². The fourth-order valence-electron chi connectivity index (χ4n) is 1.59. The third kappa shape index (κ3) is 1.07. The molecule has 0 unspecified atom stereocenters. The maximum absolute atomic E-state index is 11.5. The standard InChI is InChI=1S/C8H12N4O/c1-5-3-12-6(7(9)10-5)4-11(2)8(12)13/h4-5H,3H2,1-2H3,(H2,9,10)/t5-/m1/s1. The number of hydrogen-bond donors (Lipinski definition) is 1. The van der Waals surface area contributed by atoms with Crippen molar-refractivity contribution in [1.29, 1.82) is 0 Å². The first-order valence-electron chi connectivity index (χ1n) is 4.19. The zero-order valence-electron chi connectivity index (χ0n) is 7.69. The lowest BCUT2D eigenvalue weighted by molar-refractivity contribution is 0.550. The van der Waals surface area contributed by atoms with Gasteiger partial charge in [0, 0.05) is 13.2 Å². The van der Waals surface area contributed by atoms with Gasteiger partial charge in [-0.1, -0.05) is 0 Å². The molecule has 0 saturated carbocycles. The minimum Gasteiger partial charge on any atom is -0.382 e. The van der Waals surface area contributed by atoms with Crippen LogP contribution in [0.2, 0.25) is 0 Å². The highest BCUT2D eigenvalue weighted by molar-refractivity contribution is 5.96. The molecule has 1 aromatic heterocycles.